The molecule has 4 aliphatic carbocycles. The topological polar surface area (TPSA) is 42.5 Å². The van der Waals surface area contributed by atoms with Crippen molar-refractivity contribution >= 4 is 17.3 Å². The van der Waals surface area contributed by atoms with Crippen LogP contribution in [0.1, 0.15) is 37.7 Å². The van der Waals surface area contributed by atoms with Crippen molar-refractivity contribution in [2.45, 2.75) is 44.6 Å². The Bertz CT molecular complexity index is 635. The number of nitrogens with one attached hydrogen (secondary N) is 2. The highest BCUT2D eigenvalue weighted by atomic mass is 32.1. The normalized spacial score (nSPS) is 31.5. The Kier molecular flexibility index (Phi) is 5.25. The number of hydrogen-bond acceptors (Lipinski definition) is 3. The summed E-state index contributed by atoms with van der Waals surface area (Å²) >= 11 is 5.59. The number of ether oxygens (including phenoxy) is 2. The van der Waals surface area contributed by atoms with Gasteiger partial charge in [-0.05, 0) is 92.1 Å². The Morgan fingerprint density at radius 1 is 1.00 bits per heavy atom. The molecule has 0 spiro atoms. The third-order valence-corrected chi connectivity index (χ3v) is 6.93. The largest absolute Gasteiger partial charge is 0.493 e. The van der Waals surface area contributed by atoms with Crippen LogP contribution in [0.3, 0.4) is 0 Å². The van der Waals surface area contributed by atoms with E-state index in [1.165, 1.54) is 37.7 Å². The molecule has 26 heavy (non-hydrogen) atoms. The lowest BCUT2D eigenvalue weighted by molar-refractivity contribution is -0.00693. The van der Waals surface area contributed by atoms with E-state index in [4.69, 9.17) is 21.7 Å². The Labute approximate surface area is 162 Å². The van der Waals surface area contributed by atoms with Crippen molar-refractivity contribution in [2.75, 3.05) is 20.8 Å². The molecule has 0 saturated heterocycles. The fourth-order valence-corrected chi connectivity index (χ4v) is 5.96. The first-order chi connectivity index (χ1) is 12.7. The molecule has 4 fully saturated rings. The van der Waals surface area contributed by atoms with Crippen molar-refractivity contribution in [2.24, 2.45) is 23.7 Å². The molecule has 0 aromatic heterocycles. The molecule has 0 aliphatic heterocycles. The van der Waals surface area contributed by atoms with Crippen LogP contribution >= 0.6 is 12.2 Å². The molecule has 4 bridgehead atoms. The fourth-order valence-electron chi connectivity index (χ4n) is 5.72. The molecule has 0 radical (unpaired) electrons. The molecule has 0 heterocycles. The molecule has 142 valence electrons. The highest BCUT2D eigenvalue weighted by Gasteiger charge is 2.48. The van der Waals surface area contributed by atoms with Crippen LogP contribution in [0.4, 0.5) is 0 Å². The predicted molar refractivity (Wildman–Crippen MR) is 108 cm³/mol. The van der Waals surface area contributed by atoms with Gasteiger partial charge in [0.05, 0.1) is 14.2 Å². The van der Waals surface area contributed by atoms with Crippen LogP contribution in [0.25, 0.3) is 0 Å². The van der Waals surface area contributed by atoms with Gasteiger partial charge in [-0.2, -0.15) is 0 Å². The summed E-state index contributed by atoms with van der Waals surface area (Å²) in [5, 5.41) is 7.89. The van der Waals surface area contributed by atoms with Gasteiger partial charge in [-0.25, -0.2) is 0 Å². The average molecular weight is 375 g/mol. The van der Waals surface area contributed by atoms with Gasteiger partial charge < -0.3 is 20.1 Å². The molecule has 0 unspecified atom stereocenters. The minimum absolute atomic E-state index is 0.601. The predicted octanol–water partition coefficient (Wildman–Crippen LogP) is 3.54. The summed E-state index contributed by atoms with van der Waals surface area (Å²) in [6, 6.07) is 6.68. The minimum Gasteiger partial charge on any atom is -0.493 e. The first kappa shape index (κ1) is 17.9. The second kappa shape index (κ2) is 7.63. The first-order valence-corrected chi connectivity index (χ1v) is 10.3. The van der Waals surface area contributed by atoms with Gasteiger partial charge in [-0.1, -0.05) is 6.07 Å². The van der Waals surface area contributed by atoms with Crippen LogP contribution < -0.4 is 20.1 Å². The zero-order chi connectivity index (χ0) is 18.1. The molecule has 0 amide bonds. The highest BCUT2D eigenvalue weighted by Crippen LogP contribution is 2.53. The number of methoxy groups -OCH3 is 2. The van der Waals surface area contributed by atoms with E-state index in [1.807, 2.05) is 12.1 Å². The Morgan fingerprint density at radius 2 is 1.65 bits per heavy atom. The summed E-state index contributed by atoms with van der Waals surface area (Å²) in [6.45, 7) is 0.828. The smallest absolute Gasteiger partial charge is 0.166 e. The van der Waals surface area contributed by atoms with E-state index in [0.717, 1.165) is 53.2 Å². The van der Waals surface area contributed by atoms with Crippen molar-refractivity contribution in [3.05, 3.63) is 23.8 Å². The molecule has 5 heteroatoms. The second-order valence-corrected chi connectivity index (χ2v) is 8.70. The lowest BCUT2D eigenvalue weighted by Crippen LogP contribution is -2.57. The standard InChI is InChI=1S/C21H30N2O2S/c1-24-18-4-3-13(12-19(18)25-2)5-6-22-21(26)23-20-16-8-14-7-15(10-16)11-17(20)9-14/h3-4,12,14-17,20H,5-11H2,1-2H3,(H2,22,23,26). The van der Waals surface area contributed by atoms with Crippen LogP contribution in [0.5, 0.6) is 11.5 Å². The van der Waals surface area contributed by atoms with Gasteiger partial charge in [0.25, 0.3) is 0 Å². The Morgan fingerprint density at radius 3 is 2.27 bits per heavy atom. The third-order valence-electron chi connectivity index (χ3n) is 6.67. The Balaban J connectivity index is 1.26. The van der Waals surface area contributed by atoms with Crippen molar-refractivity contribution < 1.29 is 9.47 Å². The SMILES string of the molecule is COc1ccc(CCNC(=S)NC2C3CC4CC(C3)CC2C4)cc1OC. The van der Waals surface area contributed by atoms with Crippen LogP contribution in [-0.2, 0) is 6.42 Å². The summed E-state index contributed by atoms with van der Waals surface area (Å²) < 4.78 is 10.7. The quantitative estimate of drug-likeness (QED) is 0.746. The molecule has 4 saturated carbocycles. The maximum absolute atomic E-state index is 5.59. The molecule has 2 N–H and O–H groups in total. The molecule has 4 nitrogen and oxygen atoms in total. The number of benzene rings is 1. The highest BCUT2D eigenvalue weighted by molar-refractivity contribution is 7.80. The van der Waals surface area contributed by atoms with E-state index in [9.17, 15) is 0 Å². The van der Waals surface area contributed by atoms with E-state index in [1.54, 1.807) is 14.2 Å². The summed E-state index contributed by atoms with van der Waals surface area (Å²) in [6.07, 6.45) is 8.06. The van der Waals surface area contributed by atoms with Crippen LogP contribution in [0.15, 0.2) is 18.2 Å². The van der Waals surface area contributed by atoms with E-state index in [-0.39, 0.29) is 0 Å². The molecule has 1 aromatic rings. The fraction of sp³-hybridized carbons (Fsp3) is 0.667. The van der Waals surface area contributed by atoms with E-state index < -0.39 is 0 Å². The first-order valence-electron chi connectivity index (χ1n) is 9.91. The van der Waals surface area contributed by atoms with E-state index in [0.29, 0.717) is 6.04 Å². The van der Waals surface area contributed by atoms with Gasteiger partial charge in [0, 0.05) is 12.6 Å². The van der Waals surface area contributed by atoms with Crippen LogP contribution in [0, 0.1) is 23.7 Å². The molecule has 4 aliphatic rings. The zero-order valence-electron chi connectivity index (χ0n) is 15.8. The summed E-state index contributed by atoms with van der Waals surface area (Å²) in [5.74, 6) is 5.24. The van der Waals surface area contributed by atoms with Crippen LogP contribution in [0.2, 0.25) is 0 Å². The van der Waals surface area contributed by atoms with Gasteiger partial charge in [-0.15, -0.1) is 0 Å². The second-order valence-electron chi connectivity index (χ2n) is 8.30. The molecular weight excluding hydrogens is 344 g/mol. The zero-order valence-corrected chi connectivity index (χ0v) is 16.6. The van der Waals surface area contributed by atoms with Crippen molar-refractivity contribution in [3.8, 4) is 11.5 Å². The van der Waals surface area contributed by atoms with Crippen LogP contribution in [-0.4, -0.2) is 31.9 Å². The monoisotopic (exact) mass is 374 g/mol. The van der Waals surface area contributed by atoms with E-state index >= 15 is 0 Å². The number of thiocarbonyl (C=S) groups is 1. The lowest BCUT2D eigenvalue weighted by Gasteiger charge is -2.54. The van der Waals surface area contributed by atoms with Gasteiger partial charge >= 0.3 is 0 Å². The van der Waals surface area contributed by atoms with Crippen molar-refractivity contribution in [1.29, 1.82) is 0 Å². The average Bonchev–Trinajstić information content (AvgIpc) is 2.64. The van der Waals surface area contributed by atoms with Gasteiger partial charge in [-0.3, -0.25) is 0 Å². The van der Waals surface area contributed by atoms with Gasteiger partial charge in [0.2, 0.25) is 0 Å². The third kappa shape index (κ3) is 3.64. The summed E-state index contributed by atoms with van der Waals surface area (Å²) in [4.78, 5) is 0. The lowest BCUT2D eigenvalue weighted by atomic mass is 9.54. The van der Waals surface area contributed by atoms with Gasteiger partial charge in [0.15, 0.2) is 16.6 Å². The maximum atomic E-state index is 5.59. The maximum Gasteiger partial charge on any atom is 0.166 e. The Hall–Kier alpha value is -1.49. The van der Waals surface area contributed by atoms with Gasteiger partial charge in [0.1, 0.15) is 0 Å². The minimum atomic E-state index is 0.601. The summed E-state index contributed by atoms with van der Waals surface area (Å²) in [7, 11) is 3.33. The molecule has 0 atom stereocenters. The van der Waals surface area contributed by atoms with Crippen molar-refractivity contribution in [3.63, 3.8) is 0 Å². The number of hydrogen-bond donors (Lipinski definition) is 2. The van der Waals surface area contributed by atoms with E-state index in [2.05, 4.69) is 16.7 Å². The molecular formula is C21H30N2O2S. The number of rotatable bonds is 6. The van der Waals surface area contributed by atoms with Crippen molar-refractivity contribution in [1.82, 2.24) is 10.6 Å². The summed E-state index contributed by atoms with van der Waals surface area (Å²) in [5.41, 5.74) is 1.22. The molecule has 5 rings (SSSR count). The molecule has 1 aromatic carbocycles.